The molecule has 4 aliphatic rings. The van der Waals surface area contributed by atoms with E-state index in [1.165, 1.54) is 97.6 Å². The molecule has 0 spiro atoms. The molecule has 4 saturated heterocycles. The third-order valence-electron chi connectivity index (χ3n) is 14.6. The van der Waals surface area contributed by atoms with E-state index >= 15 is 0 Å². The van der Waals surface area contributed by atoms with Gasteiger partial charge >= 0.3 is 0 Å². The van der Waals surface area contributed by atoms with Crippen LogP contribution in [0.2, 0.25) is 0 Å². The number of imidazole rings is 1. The number of aromatic nitrogens is 4. The van der Waals surface area contributed by atoms with Crippen LogP contribution in [0.3, 0.4) is 0 Å². The molecule has 0 saturated carbocycles. The van der Waals surface area contributed by atoms with E-state index in [2.05, 4.69) is 241 Å². The Morgan fingerprint density at radius 1 is 0.434 bits per heavy atom. The molecule has 4 fully saturated rings. The summed E-state index contributed by atoms with van der Waals surface area (Å²) in [6, 6.07) is 9.32. The fourth-order valence-corrected chi connectivity index (χ4v) is 9.03. The van der Waals surface area contributed by atoms with Crippen LogP contribution < -0.4 is 0 Å². The molecule has 2 aromatic heterocycles. The lowest BCUT2D eigenvalue weighted by Gasteiger charge is -2.34. The number of piperidine rings is 1. The van der Waals surface area contributed by atoms with Crippen LogP contribution in [-0.4, -0.2) is 226 Å². The lowest BCUT2D eigenvalue weighted by molar-refractivity contribution is 0.0238. The van der Waals surface area contributed by atoms with Gasteiger partial charge in [0.25, 0.3) is 0 Å². The van der Waals surface area contributed by atoms with Gasteiger partial charge in [-0.3, -0.25) is 19.4 Å². The van der Waals surface area contributed by atoms with Crippen LogP contribution >= 0.6 is 0 Å². The van der Waals surface area contributed by atoms with Gasteiger partial charge in [0.05, 0.1) is 19.5 Å². The first kappa shape index (κ1) is 78.3. The molecule has 0 amide bonds. The summed E-state index contributed by atoms with van der Waals surface area (Å²) in [5, 5.41) is 4.03. The van der Waals surface area contributed by atoms with Crippen molar-refractivity contribution in [2.75, 3.05) is 113 Å². The first-order valence-corrected chi connectivity index (χ1v) is 30.9. The van der Waals surface area contributed by atoms with E-state index in [0.717, 1.165) is 44.4 Å². The van der Waals surface area contributed by atoms with Crippen molar-refractivity contribution in [3.8, 4) is 0 Å². The fraction of sp³-hybridized carbons (Fsp3) is 0.905. The highest BCUT2D eigenvalue weighted by atomic mass is 16.5. The molecule has 76 heavy (non-hydrogen) atoms. The van der Waals surface area contributed by atoms with Crippen molar-refractivity contribution < 1.29 is 4.74 Å². The minimum atomic E-state index is 0.491. The summed E-state index contributed by atoms with van der Waals surface area (Å²) in [5.41, 5.74) is 0. The zero-order valence-electron chi connectivity index (χ0n) is 56.0. The largest absolute Gasteiger partial charge is 0.379 e. The monoisotopic (exact) mass is 1080 g/mol. The Balaban J connectivity index is -0.000000791. The molecule has 0 N–H and O–H groups in total. The second-order valence-corrected chi connectivity index (χ2v) is 24.5. The number of morpholine rings is 1. The Morgan fingerprint density at radius 2 is 0.816 bits per heavy atom. The summed E-state index contributed by atoms with van der Waals surface area (Å²) in [6.07, 6.45) is 16.4. The molecule has 2 aromatic rings. The zero-order chi connectivity index (χ0) is 58.9. The third kappa shape index (κ3) is 42.0. The SMILES string of the molecule is CC(C)N(C(C)C)C(C)C.CC(C)N(C)C.CC(C)N1CCCC1.CC(C)N1CCCCC1.CC(C)N1CCN(C)CC1.CC(C)N1CCOCC1.CC(C)n1cccn1.CC(C)n1ccnc1.CCN(CC)C(C)C. The normalized spacial score (nSPS) is 16.9. The van der Waals surface area contributed by atoms with E-state index in [4.69, 9.17) is 4.74 Å². The quantitative estimate of drug-likeness (QED) is 0.193. The van der Waals surface area contributed by atoms with Crippen molar-refractivity contribution in [1.82, 2.24) is 58.5 Å². The van der Waals surface area contributed by atoms with Gasteiger partial charge in [-0.1, -0.05) is 20.3 Å². The van der Waals surface area contributed by atoms with Gasteiger partial charge < -0.3 is 33.8 Å². The Hall–Kier alpha value is -1.94. The number of rotatable bonds is 13. The molecule has 0 bridgehead atoms. The summed E-state index contributed by atoms with van der Waals surface area (Å²) >= 11 is 0. The molecule has 454 valence electrons. The predicted molar refractivity (Wildman–Crippen MR) is 338 cm³/mol. The number of ether oxygens (including phenoxy) is 1. The van der Waals surface area contributed by atoms with Crippen LogP contribution in [0.1, 0.15) is 210 Å². The second-order valence-electron chi connectivity index (χ2n) is 24.5. The van der Waals surface area contributed by atoms with Crippen molar-refractivity contribution in [3.63, 3.8) is 0 Å². The Bertz CT molecular complexity index is 1340. The molecule has 0 unspecified atom stereocenters. The van der Waals surface area contributed by atoms with Crippen LogP contribution in [0.4, 0.5) is 0 Å². The van der Waals surface area contributed by atoms with Gasteiger partial charge in [0.2, 0.25) is 0 Å². The van der Waals surface area contributed by atoms with Gasteiger partial charge in [0.15, 0.2) is 0 Å². The maximum atomic E-state index is 5.21. The third-order valence-corrected chi connectivity index (χ3v) is 14.6. The minimum Gasteiger partial charge on any atom is -0.379 e. The van der Waals surface area contributed by atoms with Gasteiger partial charge in [-0.2, -0.15) is 5.10 Å². The smallest absolute Gasteiger partial charge is 0.0948 e. The highest BCUT2D eigenvalue weighted by Gasteiger charge is 2.17. The second kappa shape index (κ2) is 47.8. The van der Waals surface area contributed by atoms with E-state index < -0.39 is 0 Å². The Morgan fingerprint density at radius 3 is 1.01 bits per heavy atom. The summed E-state index contributed by atoms with van der Waals surface area (Å²) in [4.78, 5) is 23.4. The Labute approximate surface area is 476 Å². The Kier molecular flexibility index (Phi) is 49.3. The van der Waals surface area contributed by atoms with Crippen LogP contribution in [0.5, 0.6) is 0 Å². The predicted octanol–water partition coefficient (Wildman–Crippen LogP) is 12.9. The molecule has 0 radical (unpaired) electrons. The van der Waals surface area contributed by atoms with Crippen molar-refractivity contribution in [1.29, 1.82) is 0 Å². The molecule has 13 nitrogen and oxygen atoms in total. The van der Waals surface area contributed by atoms with Crippen LogP contribution in [-0.2, 0) is 4.74 Å². The zero-order valence-corrected chi connectivity index (χ0v) is 56.0. The molecule has 0 aromatic carbocycles. The molecule has 13 heteroatoms. The molecule has 6 heterocycles. The van der Waals surface area contributed by atoms with Crippen molar-refractivity contribution in [3.05, 3.63) is 37.2 Å². The highest BCUT2D eigenvalue weighted by molar-refractivity contribution is 4.79. The first-order valence-electron chi connectivity index (χ1n) is 30.9. The van der Waals surface area contributed by atoms with Gasteiger partial charge in [-0.05, 0) is 244 Å². The standard InChI is InChI=1S/C9H21N.C8H18N2.C8H17N.C7H15NO.C7H15N.C7H17N.2C6H10N2.C5H13N/c1-7(2)10(8(3)4)9(5)6;1-8(2)10-6-4-9(3)5-7-10;1-8(2)9-6-4-3-5-7-9;1-7(2)8-3-5-9-6-4-8;1-7(2)8-5-3-4-6-8;1-5-8(6-2)7(3)4;1-6(2)8-4-3-7-5-8;1-6(2)8-5-3-4-7-8;1-5(2)6(3)4/h7-9H,1-6H3;8H,4-7H2,1-3H3;8H,3-7H2,1-2H3;7H,3-6H2,1-2H3;7H,3-6H2,1-2H3;7H,5-6H2,1-4H3;2*3-6H,1-2H3;5H,1-4H3. The van der Waals surface area contributed by atoms with E-state index in [0.29, 0.717) is 48.3 Å². The molecular formula is C63H136N12O. The van der Waals surface area contributed by atoms with Gasteiger partial charge in [-0.15, -0.1) is 0 Å². The van der Waals surface area contributed by atoms with Crippen LogP contribution in [0, 0.1) is 0 Å². The maximum Gasteiger partial charge on any atom is 0.0948 e. The van der Waals surface area contributed by atoms with E-state index in [1.807, 2.05) is 29.5 Å². The van der Waals surface area contributed by atoms with E-state index in [1.54, 1.807) is 12.4 Å². The number of hydrogen-bond donors (Lipinski definition) is 0. The molecular weight excluding hydrogens is 941 g/mol. The lowest BCUT2D eigenvalue weighted by Crippen LogP contribution is -2.47. The van der Waals surface area contributed by atoms with Crippen LogP contribution in [0.15, 0.2) is 37.2 Å². The number of hydrogen-bond acceptors (Lipinski definition) is 11. The average molecular weight is 1080 g/mol. The lowest BCUT2D eigenvalue weighted by atomic mass is 10.1. The fourth-order valence-electron chi connectivity index (χ4n) is 9.03. The number of likely N-dealkylation sites (N-methyl/N-ethyl adjacent to an activating group) is 1. The van der Waals surface area contributed by atoms with Crippen molar-refractivity contribution >= 4 is 0 Å². The average Bonchev–Trinajstić information content (AvgIpc) is 4.20. The highest BCUT2D eigenvalue weighted by Crippen LogP contribution is 2.12. The van der Waals surface area contributed by atoms with Crippen LogP contribution in [0.25, 0.3) is 0 Å². The first-order chi connectivity index (χ1) is 35.5. The number of piperazine rings is 1. The van der Waals surface area contributed by atoms with Gasteiger partial charge in [-0.25, -0.2) is 4.98 Å². The minimum absolute atomic E-state index is 0.491. The van der Waals surface area contributed by atoms with Crippen molar-refractivity contribution in [2.24, 2.45) is 0 Å². The van der Waals surface area contributed by atoms with Crippen molar-refractivity contribution in [2.45, 2.75) is 265 Å². The summed E-state index contributed by atoms with van der Waals surface area (Å²) < 4.78 is 9.18. The topological polar surface area (TPSA) is 70.8 Å². The van der Waals surface area contributed by atoms with E-state index in [9.17, 15) is 0 Å². The molecule has 0 atom stereocenters. The summed E-state index contributed by atoms with van der Waals surface area (Å²) in [7, 11) is 6.34. The molecule has 4 aliphatic heterocycles. The number of nitrogens with zero attached hydrogens (tertiary/aromatic N) is 12. The summed E-state index contributed by atoms with van der Waals surface area (Å²) in [5.74, 6) is 0. The maximum absolute atomic E-state index is 5.21. The van der Waals surface area contributed by atoms with Gasteiger partial charge in [0.1, 0.15) is 0 Å². The van der Waals surface area contributed by atoms with Gasteiger partial charge in [0, 0.05) is 131 Å². The number of likely N-dealkylation sites (tertiary alicyclic amines) is 2. The molecule has 6 rings (SSSR count). The van der Waals surface area contributed by atoms with E-state index in [-0.39, 0.29) is 0 Å². The summed E-state index contributed by atoms with van der Waals surface area (Å²) in [6.45, 7) is 69.9. The molecule has 0 aliphatic carbocycles.